The Morgan fingerprint density at radius 3 is 2.54 bits per heavy atom. The lowest BCUT2D eigenvalue weighted by Crippen LogP contribution is -2.46. The van der Waals surface area contributed by atoms with E-state index >= 15 is 0 Å². The number of carbonyl (C=O) groups excluding carboxylic acids is 1. The number of anilines is 2. The van der Waals surface area contributed by atoms with Gasteiger partial charge in [0.2, 0.25) is 0 Å². The summed E-state index contributed by atoms with van der Waals surface area (Å²) in [7, 11) is 0. The van der Waals surface area contributed by atoms with Crippen molar-refractivity contribution >= 4 is 33.2 Å². The van der Waals surface area contributed by atoms with Crippen LogP contribution in [0, 0.1) is 0 Å². The van der Waals surface area contributed by atoms with Crippen LogP contribution in [0.5, 0.6) is 0 Å². The Kier molecular flexibility index (Phi) is 5.48. The van der Waals surface area contributed by atoms with Gasteiger partial charge >= 0.3 is 0 Å². The summed E-state index contributed by atoms with van der Waals surface area (Å²) in [6.07, 6.45) is 1.79. The molecule has 2 aromatic rings. The van der Waals surface area contributed by atoms with Crippen molar-refractivity contribution in [3.63, 3.8) is 0 Å². The van der Waals surface area contributed by atoms with Crippen molar-refractivity contribution < 1.29 is 4.79 Å². The average molecular weight is 389 g/mol. The molecule has 6 heteroatoms. The van der Waals surface area contributed by atoms with E-state index in [2.05, 4.69) is 43.0 Å². The Hall–Kier alpha value is -1.92. The number of pyridine rings is 1. The molecule has 1 amide bonds. The maximum Gasteiger partial charge on any atom is 0.274 e. The zero-order valence-electron chi connectivity index (χ0n) is 13.7. The number of rotatable bonds is 4. The second kappa shape index (κ2) is 7.77. The minimum absolute atomic E-state index is 0.204. The number of amides is 1. The zero-order valence-corrected chi connectivity index (χ0v) is 15.3. The van der Waals surface area contributed by atoms with Gasteiger partial charge in [0.25, 0.3) is 5.91 Å². The first-order valence-electron chi connectivity index (χ1n) is 8.16. The first kappa shape index (κ1) is 16.9. The van der Waals surface area contributed by atoms with Crippen molar-refractivity contribution in [2.24, 2.45) is 0 Å². The maximum absolute atomic E-state index is 12.3. The van der Waals surface area contributed by atoms with E-state index in [-0.39, 0.29) is 5.91 Å². The molecule has 2 heterocycles. The number of halogens is 1. The lowest BCUT2D eigenvalue weighted by Gasteiger charge is -2.35. The summed E-state index contributed by atoms with van der Waals surface area (Å²) in [6.45, 7) is 7.42. The summed E-state index contributed by atoms with van der Waals surface area (Å²) in [5.41, 5.74) is 2.23. The molecule has 24 heavy (non-hydrogen) atoms. The maximum atomic E-state index is 12.3. The number of para-hydroxylation sites is 1. The summed E-state index contributed by atoms with van der Waals surface area (Å²) >= 11 is 3.43. The van der Waals surface area contributed by atoms with Crippen LogP contribution in [0.25, 0.3) is 0 Å². The van der Waals surface area contributed by atoms with Gasteiger partial charge in [-0.3, -0.25) is 4.79 Å². The number of aromatic nitrogens is 1. The molecule has 0 bridgehead atoms. The zero-order chi connectivity index (χ0) is 16.9. The number of nitrogens with one attached hydrogen (secondary N) is 1. The molecule has 126 valence electrons. The van der Waals surface area contributed by atoms with Gasteiger partial charge in [-0.2, -0.15) is 0 Å². The molecule has 1 aliphatic rings. The van der Waals surface area contributed by atoms with Gasteiger partial charge in [-0.15, -0.1) is 0 Å². The average Bonchev–Trinajstić information content (AvgIpc) is 2.64. The number of hydrogen-bond acceptors (Lipinski definition) is 4. The molecule has 0 saturated carbocycles. The Bertz CT molecular complexity index is 696. The minimum Gasteiger partial charge on any atom is -0.368 e. The number of likely N-dealkylation sites (N-methyl/N-ethyl adjacent to an activating group) is 1. The topological polar surface area (TPSA) is 48.5 Å². The molecule has 5 nitrogen and oxygen atoms in total. The molecule has 0 spiro atoms. The van der Waals surface area contributed by atoms with Gasteiger partial charge in [0, 0.05) is 30.7 Å². The van der Waals surface area contributed by atoms with Gasteiger partial charge in [-0.1, -0.05) is 19.1 Å². The lowest BCUT2D eigenvalue weighted by molar-refractivity contribution is 0.102. The summed E-state index contributed by atoms with van der Waals surface area (Å²) in [6, 6.07) is 11.3. The first-order valence-corrected chi connectivity index (χ1v) is 8.96. The molecule has 1 N–H and O–H groups in total. The van der Waals surface area contributed by atoms with Gasteiger partial charge in [-0.05, 0) is 46.7 Å². The minimum atomic E-state index is -0.204. The Morgan fingerprint density at radius 1 is 1.17 bits per heavy atom. The Balaban J connectivity index is 1.64. The fourth-order valence-corrected chi connectivity index (χ4v) is 3.16. The lowest BCUT2D eigenvalue weighted by atomic mass is 10.2. The van der Waals surface area contributed by atoms with E-state index in [0.717, 1.165) is 48.6 Å². The van der Waals surface area contributed by atoms with Gasteiger partial charge in [0.15, 0.2) is 0 Å². The highest BCUT2D eigenvalue weighted by Crippen LogP contribution is 2.22. The van der Waals surface area contributed by atoms with Crippen LogP contribution in [0.4, 0.5) is 11.4 Å². The molecule has 1 aliphatic heterocycles. The van der Waals surface area contributed by atoms with E-state index in [1.807, 2.05) is 30.3 Å². The summed E-state index contributed by atoms with van der Waals surface area (Å²) in [5, 5.41) is 2.87. The molecule has 0 unspecified atom stereocenters. The summed E-state index contributed by atoms with van der Waals surface area (Å²) < 4.78 is 0.851. The molecule has 0 radical (unpaired) electrons. The highest BCUT2D eigenvalue weighted by Gasteiger charge is 2.17. The monoisotopic (exact) mass is 388 g/mol. The van der Waals surface area contributed by atoms with Gasteiger partial charge < -0.3 is 15.1 Å². The van der Waals surface area contributed by atoms with Crippen LogP contribution >= 0.6 is 15.9 Å². The third-order valence-corrected chi connectivity index (χ3v) is 4.98. The van der Waals surface area contributed by atoms with Crippen LogP contribution in [0.2, 0.25) is 0 Å². The number of hydrogen-bond donors (Lipinski definition) is 1. The standard InChI is InChI=1S/C18H21BrN4O/c1-2-22-9-11-23(12-10-22)14-7-8-17(20-13-14)18(24)21-16-6-4-3-5-15(16)19/h3-8,13H,2,9-12H2,1H3,(H,21,24). The normalized spacial score (nSPS) is 15.3. The molecular weight excluding hydrogens is 368 g/mol. The highest BCUT2D eigenvalue weighted by molar-refractivity contribution is 9.10. The second-order valence-electron chi connectivity index (χ2n) is 5.76. The fourth-order valence-electron chi connectivity index (χ4n) is 2.78. The van der Waals surface area contributed by atoms with Gasteiger partial charge in [-0.25, -0.2) is 4.98 Å². The molecular formula is C18H21BrN4O. The third-order valence-electron chi connectivity index (χ3n) is 4.29. The van der Waals surface area contributed by atoms with E-state index < -0.39 is 0 Å². The molecule has 1 aromatic heterocycles. The smallest absolute Gasteiger partial charge is 0.274 e. The first-order chi connectivity index (χ1) is 11.7. The van der Waals surface area contributed by atoms with E-state index in [1.54, 1.807) is 12.3 Å². The SMILES string of the molecule is CCN1CCN(c2ccc(C(=O)Nc3ccccc3Br)nc2)CC1. The Morgan fingerprint density at radius 2 is 1.92 bits per heavy atom. The molecule has 3 rings (SSSR count). The van der Waals surface area contributed by atoms with Gasteiger partial charge in [0.1, 0.15) is 5.69 Å². The predicted octanol–water partition coefficient (Wildman–Crippen LogP) is 3.24. The molecule has 1 fully saturated rings. The fraction of sp³-hybridized carbons (Fsp3) is 0.333. The van der Waals surface area contributed by atoms with Crippen LogP contribution in [0.15, 0.2) is 47.1 Å². The molecule has 1 aromatic carbocycles. The van der Waals surface area contributed by atoms with Crippen LogP contribution in [0.1, 0.15) is 17.4 Å². The molecule has 0 aliphatic carbocycles. The largest absolute Gasteiger partial charge is 0.368 e. The predicted molar refractivity (Wildman–Crippen MR) is 101 cm³/mol. The van der Waals surface area contributed by atoms with Crippen LogP contribution in [-0.4, -0.2) is 48.5 Å². The van der Waals surface area contributed by atoms with Crippen LogP contribution in [0.3, 0.4) is 0 Å². The van der Waals surface area contributed by atoms with Crippen molar-refractivity contribution in [3.8, 4) is 0 Å². The second-order valence-corrected chi connectivity index (χ2v) is 6.61. The van der Waals surface area contributed by atoms with Gasteiger partial charge in [0.05, 0.1) is 17.6 Å². The molecule has 1 saturated heterocycles. The quantitative estimate of drug-likeness (QED) is 0.873. The van der Waals surface area contributed by atoms with E-state index in [1.165, 1.54) is 0 Å². The van der Waals surface area contributed by atoms with Crippen molar-refractivity contribution in [2.45, 2.75) is 6.92 Å². The number of piperazine rings is 1. The van der Waals surface area contributed by atoms with E-state index in [9.17, 15) is 4.79 Å². The van der Waals surface area contributed by atoms with Crippen molar-refractivity contribution in [1.29, 1.82) is 0 Å². The van der Waals surface area contributed by atoms with Crippen molar-refractivity contribution in [3.05, 3.63) is 52.8 Å². The van der Waals surface area contributed by atoms with Crippen molar-refractivity contribution in [2.75, 3.05) is 42.9 Å². The van der Waals surface area contributed by atoms with Crippen molar-refractivity contribution in [1.82, 2.24) is 9.88 Å². The third kappa shape index (κ3) is 3.94. The Labute approximate surface area is 150 Å². The summed E-state index contributed by atoms with van der Waals surface area (Å²) in [5.74, 6) is -0.204. The molecule has 0 atom stereocenters. The number of carbonyl (C=O) groups is 1. The van der Waals surface area contributed by atoms with E-state index in [0.29, 0.717) is 5.69 Å². The summed E-state index contributed by atoms with van der Waals surface area (Å²) in [4.78, 5) is 21.4. The number of benzene rings is 1. The highest BCUT2D eigenvalue weighted by atomic mass is 79.9. The van der Waals surface area contributed by atoms with Crippen LogP contribution < -0.4 is 10.2 Å². The van der Waals surface area contributed by atoms with E-state index in [4.69, 9.17) is 0 Å². The van der Waals surface area contributed by atoms with Crippen LogP contribution in [-0.2, 0) is 0 Å². The number of nitrogens with zero attached hydrogens (tertiary/aromatic N) is 3.